The number of aliphatic hydroxyl groups is 1. The highest BCUT2D eigenvalue weighted by Crippen LogP contribution is 2.07. The van der Waals surface area contributed by atoms with E-state index in [4.69, 9.17) is 10.5 Å². The molecule has 0 aliphatic heterocycles. The minimum absolute atomic E-state index is 0.263. The molecule has 0 fully saturated rings. The largest absolute Gasteiger partial charge is 0.390 e. The number of hydrogen-bond acceptors (Lipinski definition) is 5. The molecule has 0 spiro atoms. The van der Waals surface area contributed by atoms with Gasteiger partial charge in [0.15, 0.2) is 0 Å². The standard InChI is InChI=1S/C13H29N3O2/c1-5-6-11(14)7-8-15-9-10-16-12(17)18-13(2,3)4/h9-12,15-17H,5-8,14H2,1-4H3/b10-9+. The summed E-state index contributed by atoms with van der Waals surface area (Å²) >= 11 is 0. The lowest BCUT2D eigenvalue weighted by atomic mass is 10.1. The summed E-state index contributed by atoms with van der Waals surface area (Å²) in [6.07, 6.45) is 5.50. The second-order valence-electron chi connectivity index (χ2n) is 5.37. The van der Waals surface area contributed by atoms with Crippen molar-refractivity contribution in [3.63, 3.8) is 0 Å². The number of hydrogen-bond donors (Lipinski definition) is 4. The van der Waals surface area contributed by atoms with Crippen LogP contribution in [-0.4, -0.2) is 29.7 Å². The van der Waals surface area contributed by atoms with Crippen LogP contribution in [0.3, 0.4) is 0 Å². The molecule has 0 aromatic rings. The quantitative estimate of drug-likeness (QED) is 0.370. The van der Waals surface area contributed by atoms with E-state index in [2.05, 4.69) is 17.6 Å². The summed E-state index contributed by atoms with van der Waals surface area (Å²) < 4.78 is 5.26. The normalized spacial score (nSPS) is 15.7. The van der Waals surface area contributed by atoms with E-state index in [0.29, 0.717) is 0 Å². The fourth-order valence-electron chi connectivity index (χ4n) is 1.43. The number of nitrogens with one attached hydrogen (secondary N) is 2. The van der Waals surface area contributed by atoms with E-state index in [-0.39, 0.29) is 11.6 Å². The van der Waals surface area contributed by atoms with Crippen molar-refractivity contribution in [2.45, 2.75) is 65.0 Å². The summed E-state index contributed by atoms with van der Waals surface area (Å²) in [7, 11) is 0. The Balaban J connectivity index is 3.54. The fourth-order valence-corrected chi connectivity index (χ4v) is 1.43. The maximum Gasteiger partial charge on any atom is 0.235 e. The molecule has 5 nitrogen and oxygen atoms in total. The van der Waals surface area contributed by atoms with Crippen LogP contribution >= 0.6 is 0 Å². The lowest BCUT2D eigenvalue weighted by Gasteiger charge is -2.23. The molecular formula is C13H29N3O2. The smallest absolute Gasteiger partial charge is 0.235 e. The minimum Gasteiger partial charge on any atom is -0.390 e. The van der Waals surface area contributed by atoms with Crippen LogP contribution in [0.5, 0.6) is 0 Å². The molecule has 0 aliphatic carbocycles. The Morgan fingerprint density at radius 1 is 1.28 bits per heavy atom. The van der Waals surface area contributed by atoms with E-state index < -0.39 is 6.41 Å². The van der Waals surface area contributed by atoms with Gasteiger partial charge in [-0.1, -0.05) is 13.3 Å². The van der Waals surface area contributed by atoms with Gasteiger partial charge >= 0.3 is 0 Å². The third kappa shape index (κ3) is 11.7. The van der Waals surface area contributed by atoms with Gasteiger partial charge in [-0.05, 0) is 33.6 Å². The monoisotopic (exact) mass is 259 g/mol. The van der Waals surface area contributed by atoms with E-state index in [1.54, 1.807) is 12.4 Å². The van der Waals surface area contributed by atoms with E-state index in [0.717, 1.165) is 25.8 Å². The number of rotatable bonds is 9. The average Bonchev–Trinajstić information content (AvgIpc) is 2.21. The van der Waals surface area contributed by atoms with Crippen molar-refractivity contribution in [3.05, 3.63) is 12.4 Å². The summed E-state index contributed by atoms with van der Waals surface area (Å²) in [5.41, 5.74) is 5.50. The molecule has 18 heavy (non-hydrogen) atoms. The van der Waals surface area contributed by atoms with E-state index >= 15 is 0 Å². The van der Waals surface area contributed by atoms with Gasteiger partial charge < -0.3 is 26.2 Å². The van der Waals surface area contributed by atoms with Crippen molar-refractivity contribution >= 4 is 0 Å². The molecule has 0 aliphatic rings. The van der Waals surface area contributed by atoms with Gasteiger partial charge in [0.05, 0.1) is 5.60 Å². The molecule has 2 unspecified atom stereocenters. The van der Waals surface area contributed by atoms with Crippen LogP contribution in [0.25, 0.3) is 0 Å². The summed E-state index contributed by atoms with van der Waals surface area (Å²) in [6, 6.07) is 0.263. The molecule has 0 saturated heterocycles. The Morgan fingerprint density at radius 3 is 2.50 bits per heavy atom. The van der Waals surface area contributed by atoms with Crippen molar-refractivity contribution < 1.29 is 9.84 Å². The molecule has 5 N–H and O–H groups in total. The first-order valence-electron chi connectivity index (χ1n) is 6.61. The molecule has 2 atom stereocenters. The van der Waals surface area contributed by atoms with Gasteiger partial charge in [-0.3, -0.25) is 0 Å². The van der Waals surface area contributed by atoms with Crippen molar-refractivity contribution in [1.29, 1.82) is 0 Å². The van der Waals surface area contributed by atoms with Gasteiger partial charge in [0.2, 0.25) is 6.41 Å². The molecule has 0 amide bonds. The molecule has 0 rings (SSSR count). The zero-order valence-electron chi connectivity index (χ0n) is 12.1. The van der Waals surface area contributed by atoms with Crippen LogP contribution in [-0.2, 0) is 4.74 Å². The van der Waals surface area contributed by atoms with E-state index in [1.165, 1.54) is 0 Å². The third-order valence-corrected chi connectivity index (χ3v) is 2.22. The first kappa shape index (κ1) is 17.2. The lowest BCUT2D eigenvalue weighted by molar-refractivity contribution is -0.175. The van der Waals surface area contributed by atoms with Gasteiger partial charge in [-0.15, -0.1) is 0 Å². The van der Waals surface area contributed by atoms with Gasteiger partial charge in [0.25, 0.3) is 0 Å². The van der Waals surface area contributed by atoms with Crippen molar-refractivity contribution in [2.75, 3.05) is 6.54 Å². The maximum absolute atomic E-state index is 9.47. The summed E-state index contributed by atoms with van der Waals surface area (Å²) in [5, 5.41) is 15.3. The Kier molecular flexibility index (Phi) is 8.79. The molecule has 0 aromatic heterocycles. The summed E-state index contributed by atoms with van der Waals surface area (Å²) in [6.45, 7) is 8.61. The Labute approximate surface area is 111 Å². The Hall–Kier alpha value is -0.780. The lowest BCUT2D eigenvalue weighted by Crippen LogP contribution is -2.35. The molecule has 0 saturated carbocycles. The minimum atomic E-state index is -0.995. The predicted molar refractivity (Wildman–Crippen MR) is 74.6 cm³/mol. The summed E-state index contributed by atoms with van der Waals surface area (Å²) in [4.78, 5) is 0. The van der Waals surface area contributed by atoms with Crippen LogP contribution < -0.4 is 16.4 Å². The summed E-state index contributed by atoms with van der Waals surface area (Å²) in [5.74, 6) is 0. The molecule has 0 heterocycles. The van der Waals surface area contributed by atoms with Crippen molar-refractivity contribution in [1.82, 2.24) is 10.6 Å². The predicted octanol–water partition coefficient (Wildman–Crippen LogP) is 1.25. The molecule has 0 radical (unpaired) electrons. The Bertz CT molecular complexity index is 227. The second kappa shape index (κ2) is 9.19. The van der Waals surface area contributed by atoms with E-state index in [9.17, 15) is 5.11 Å². The van der Waals surface area contributed by atoms with Crippen LogP contribution in [0.15, 0.2) is 12.4 Å². The average molecular weight is 259 g/mol. The second-order valence-corrected chi connectivity index (χ2v) is 5.37. The van der Waals surface area contributed by atoms with Crippen molar-refractivity contribution in [2.24, 2.45) is 5.73 Å². The van der Waals surface area contributed by atoms with Crippen LogP contribution in [0.2, 0.25) is 0 Å². The van der Waals surface area contributed by atoms with Gasteiger partial charge in [-0.25, -0.2) is 0 Å². The topological polar surface area (TPSA) is 79.5 Å². The SMILES string of the molecule is CCCC(N)CCN/C=C/NC(O)OC(C)(C)C. The van der Waals surface area contributed by atoms with Gasteiger partial charge in [0.1, 0.15) is 0 Å². The first-order chi connectivity index (χ1) is 8.35. The molecule has 0 bridgehead atoms. The number of ether oxygens (including phenoxy) is 1. The third-order valence-electron chi connectivity index (χ3n) is 2.22. The zero-order chi connectivity index (χ0) is 14.0. The van der Waals surface area contributed by atoms with Gasteiger partial charge in [-0.2, -0.15) is 0 Å². The van der Waals surface area contributed by atoms with E-state index in [1.807, 2.05) is 20.8 Å². The highest BCUT2D eigenvalue weighted by Gasteiger charge is 2.14. The Morgan fingerprint density at radius 2 is 1.94 bits per heavy atom. The van der Waals surface area contributed by atoms with Crippen LogP contribution in [0.1, 0.15) is 47.0 Å². The van der Waals surface area contributed by atoms with Crippen LogP contribution in [0.4, 0.5) is 0 Å². The highest BCUT2D eigenvalue weighted by molar-refractivity contribution is 4.78. The van der Waals surface area contributed by atoms with Gasteiger partial charge in [0, 0.05) is 25.0 Å². The van der Waals surface area contributed by atoms with Crippen molar-refractivity contribution in [3.8, 4) is 0 Å². The zero-order valence-corrected chi connectivity index (χ0v) is 12.1. The van der Waals surface area contributed by atoms with Crippen LogP contribution in [0, 0.1) is 0 Å². The molecule has 0 aromatic carbocycles. The number of nitrogens with two attached hydrogens (primary N) is 1. The molecule has 108 valence electrons. The first-order valence-corrected chi connectivity index (χ1v) is 6.61. The maximum atomic E-state index is 9.47. The highest BCUT2D eigenvalue weighted by atomic mass is 16.6. The number of aliphatic hydroxyl groups excluding tert-OH is 1. The fraction of sp³-hybridized carbons (Fsp3) is 0.846. The molecular weight excluding hydrogens is 230 g/mol. The molecule has 5 heteroatoms.